The molecule has 1 atom stereocenters. The van der Waals surface area contributed by atoms with Gasteiger partial charge in [-0.05, 0) is 50.8 Å². The van der Waals surface area contributed by atoms with E-state index in [9.17, 15) is 0 Å². The molecule has 0 saturated carbocycles. The van der Waals surface area contributed by atoms with Gasteiger partial charge in [0.1, 0.15) is 0 Å². The first-order valence-electron chi connectivity index (χ1n) is 7.02. The van der Waals surface area contributed by atoms with Gasteiger partial charge in [0, 0.05) is 30.5 Å². The summed E-state index contributed by atoms with van der Waals surface area (Å²) in [6, 6.07) is 9.29. The Morgan fingerprint density at radius 2 is 2.17 bits per heavy atom. The van der Waals surface area contributed by atoms with Crippen LogP contribution in [0.5, 0.6) is 0 Å². The molecule has 0 aliphatic carbocycles. The fourth-order valence-corrected chi connectivity index (χ4v) is 2.49. The van der Waals surface area contributed by atoms with Crippen LogP contribution in [0, 0.1) is 0 Å². The van der Waals surface area contributed by atoms with Gasteiger partial charge in [-0.1, -0.05) is 12.1 Å². The molecule has 1 aliphatic heterocycles. The fraction of sp³-hybridized carbons (Fsp3) is 0.500. The van der Waals surface area contributed by atoms with E-state index in [0.717, 1.165) is 12.8 Å². The van der Waals surface area contributed by atoms with E-state index in [1.807, 2.05) is 6.08 Å². The van der Waals surface area contributed by atoms with Crippen molar-refractivity contribution in [2.75, 3.05) is 23.3 Å². The number of nitrogens with one attached hydrogen (secondary N) is 1. The lowest BCUT2D eigenvalue weighted by molar-refractivity contribution is 0.719. The van der Waals surface area contributed by atoms with E-state index in [2.05, 4.69) is 48.0 Å². The maximum atomic E-state index is 3.77. The lowest BCUT2D eigenvalue weighted by Gasteiger charge is -2.20. The molecular weight excluding hydrogens is 220 g/mol. The monoisotopic (exact) mass is 244 g/mol. The van der Waals surface area contributed by atoms with E-state index < -0.39 is 0 Å². The van der Waals surface area contributed by atoms with Crippen molar-refractivity contribution >= 4 is 11.4 Å². The predicted molar refractivity (Wildman–Crippen MR) is 80.4 cm³/mol. The minimum absolute atomic E-state index is 0.497. The molecule has 0 spiro atoms. The Morgan fingerprint density at radius 3 is 2.89 bits per heavy atom. The highest BCUT2D eigenvalue weighted by Crippen LogP contribution is 2.23. The number of allylic oxidation sites excluding steroid dienone is 1. The largest absolute Gasteiger partial charge is 0.383 e. The number of hydrogen-bond acceptors (Lipinski definition) is 2. The van der Waals surface area contributed by atoms with Crippen LogP contribution in [-0.4, -0.2) is 19.1 Å². The average molecular weight is 244 g/mol. The molecule has 2 nitrogen and oxygen atoms in total. The first kappa shape index (κ1) is 13.0. The van der Waals surface area contributed by atoms with Gasteiger partial charge < -0.3 is 10.2 Å². The minimum Gasteiger partial charge on any atom is -0.383 e. The zero-order chi connectivity index (χ0) is 12.8. The number of benzene rings is 1. The van der Waals surface area contributed by atoms with Gasteiger partial charge in [0.05, 0.1) is 0 Å². The standard InChI is InChI=1S/C16H24N2/c1-3-4-8-14(2)17-15-9-7-10-16(13-15)18-11-5-6-12-18/h3,7,9-10,13-14,17H,1,4-6,8,11-12H2,2H3. The summed E-state index contributed by atoms with van der Waals surface area (Å²) in [6.45, 7) is 8.41. The number of hydrogen-bond donors (Lipinski definition) is 1. The van der Waals surface area contributed by atoms with Crippen molar-refractivity contribution in [3.8, 4) is 0 Å². The summed E-state index contributed by atoms with van der Waals surface area (Å²) in [6.07, 6.45) is 6.84. The molecule has 1 unspecified atom stereocenters. The third kappa shape index (κ3) is 3.52. The molecule has 0 aromatic heterocycles. The second kappa shape index (κ2) is 6.48. The first-order valence-corrected chi connectivity index (χ1v) is 7.02. The lowest BCUT2D eigenvalue weighted by Crippen LogP contribution is -2.18. The van der Waals surface area contributed by atoms with Gasteiger partial charge in [-0.15, -0.1) is 6.58 Å². The molecule has 18 heavy (non-hydrogen) atoms. The summed E-state index contributed by atoms with van der Waals surface area (Å²) < 4.78 is 0. The van der Waals surface area contributed by atoms with Crippen LogP contribution in [0.2, 0.25) is 0 Å². The van der Waals surface area contributed by atoms with E-state index in [1.54, 1.807) is 0 Å². The van der Waals surface area contributed by atoms with E-state index in [0.29, 0.717) is 6.04 Å². The topological polar surface area (TPSA) is 15.3 Å². The van der Waals surface area contributed by atoms with Gasteiger partial charge in [0.25, 0.3) is 0 Å². The van der Waals surface area contributed by atoms with Crippen molar-refractivity contribution in [3.05, 3.63) is 36.9 Å². The number of nitrogens with zero attached hydrogens (tertiary/aromatic N) is 1. The molecule has 1 N–H and O–H groups in total. The van der Waals surface area contributed by atoms with Crippen molar-refractivity contribution < 1.29 is 0 Å². The molecule has 1 aromatic carbocycles. The Hall–Kier alpha value is -1.44. The quantitative estimate of drug-likeness (QED) is 0.759. The van der Waals surface area contributed by atoms with Gasteiger partial charge in [0.2, 0.25) is 0 Å². The van der Waals surface area contributed by atoms with Crippen molar-refractivity contribution in [2.45, 2.75) is 38.6 Å². The zero-order valence-corrected chi connectivity index (χ0v) is 11.4. The summed E-state index contributed by atoms with van der Waals surface area (Å²) in [7, 11) is 0. The third-order valence-electron chi connectivity index (χ3n) is 3.53. The summed E-state index contributed by atoms with van der Waals surface area (Å²) in [4.78, 5) is 2.47. The molecule has 2 rings (SSSR count). The van der Waals surface area contributed by atoms with Crippen molar-refractivity contribution in [1.82, 2.24) is 0 Å². The molecule has 1 saturated heterocycles. The van der Waals surface area contributed by atoms with Crippen molar-refractivity contribution in [2.24, 2.45) is 0 Å². The van der Waals surface area contributed by atoms with E-state index in [4.69, 9.17) is 0 Å². The molecule has 0 radical (unpaired) electrons. The Labute approximate surface area is 111 Å². The Balaban J connectivity index is 1.96. The summed E-state index contributed by atoms with van der Waals surface area (Å²) in [5.41, 5.74) is 2.59. The van der Waals surface area contributed by atoms with Gasteiger partial charge in [-0.3, -0.25) is 0 Å². The number of rotatable bonds is 6. The smallest absolute Gasteiger partial charge is 0.0386 e. The maximum Gasteiger partial charge on any atom is 0.0386 e. The van der Waals surface area contributed by atoms with Crippen LogP contribution < -0.4 is 10.2 Å². The Kier molecular flexibility index (Phi) is 4.68. The lowest BCUT2D eigenvalue weighted by atomic mass is 10.1. The summed E-state index contributed by atoms with van der Waals surface area (Å²) in [5.74, 6) is 0. The van der Waals surface area contributed by atoms with Crippen LogP contribution in [0.3, 0.4) is 0 Å². The van der Waals surface area contributed by atoms with Crippen LogP contribution >= 0.6 is 0 Å². The zero-order valence-electron chi connectivity index (χ0n) is 11.4. The predicted octanol–water partition coefficient (Wildman–Crippen LogP) is 4.05. The second-order valence-corrected chi connectivity index (χ2v) is 5.16. The SMILES string of the molecule is C=CCCC(C)Nc1cccc(N2CCCC2)c1. The second-order valence-electron chi connectivity index (χ2n) is 5.16. The van der Waals surface area contributed by atoms with Crippen LogP contribution in [0.25, 0.3) is 0 Å². The summed E-state index contributed by atoms with van der Waals surface area (Å²) >= 11 is 0. The van der Waals surface area contributed by atoms with Gasteiger partial charge in [-0.25, -0.2) is 0 Å². The molecule has 2 heteroatoms. The molecular formula is C16H24N2. The highest BCUT2D eigenvalue weighted by molar-refractivity contribution is 5.58. The molecule has 1 aromatic rings. The molecule has 1 fully saturated rings. The molecule has 1 aliphatic rings. The third-order valence-corrected chi connectivity index (χ3v) is 3.53. The first-order chi connectivity index (χ1) is 8.79. The average Bonchev–Trinajstić information content (AvgIpc) is 2.90. The van der Waals surface area contributed by atoms with Crippen LogP contribution in [0.1, 0.15) is 32.6 Å². The van der Waals surface area contributed by atoms with E-state index >= 15 is 0 Å². The highest BCUT2D eigenvalue weighted by Gasteiger charge is 2.12. The minimum atomic E-state index is 0.497. The van der Waals surface area contributed by atoms with E-state index in [1.165, 1.54) is 37.3 Å². The Morgan fingerprint density at radius 1 is 1.39 bits per heavy atom. The van der Waals surface area contributed by atoms with Crippen LogP contribution in [-0.2, 0) is 0 Å². The molecule has 98 valence electrons. The van der Waals surface area contributed by atoms with Gasteiger partial charge in [0.15, 0.2) is 0 Å². The normalized spacial score (nSPS) is 16.6. The van der Waals surface area contributed by atoms with Crippen molar-refractivity contribution in [3.63, 3.8) is 0 Å². The molecule has 0 amide bonds. The van der Waals surface area contributed by atoms with Crippen LogP contribution in [0.4, 0.5) is 11.4 Å². The molecule has 1 heterocycles. The summed E-state index contributed by atoms with van der Waals surface area (Å²) in [5, 5.41) is 3.57. The fourth-order valence-electron chi connectivity index (χ4n) is 2.49. The van der Waals surface area contributed by atoms with Gasteiger partial charge in [-0.2, -0.15) is 0 Å². The van der Waals surface area contributed by atoms with E-state index in [-0.39, 0.29) is 0 Å². The Bertz CT molecular complexity index is 380. The highest BCUT2D eigenvalue weighted by atomic mass is 15.1. The van der Waals surface area contributed by atoms with Gasteiger partial charge >= 0.3 is 0 Å². The maximum absolute atomic E-state index is 3.77. The van der Waals surface area contributed by atoms with Crippen molar-refractivity contribution in [1.29, 1.82) is 0 Å². The number of anilines is 2. The van der Waals surface area contributed by atoms with Crippen LogP contribution in [0.15, 0.2) is 36.9 Å². The molecule has 0 bridgehead atoms.